The van der Waals surface area contributed by atoms with Crippen LogP contribution in [0.3, 0.4) is 0 Å². The molecule has 0 saturated carbocycles. The molecule has 1 atom stereocenters. The molecule has 0 unspecified atom stereocenters. The summed E-state index contributed by atoms with van der Waals surface area (Å²) in [6.45, 7) is 1.03. The van der Waals surface area contributed by atoms with Gasteiger partial charge in [-0.3, -0.25) is 9.78 Å². The molecule has 3 rings (SSSR count). The van der Waals surface area contributed by atoms with Crippen LogP contribution in [0.25, 0.3) is 0 Å². The van der Waals surface area contributed by atoms with E-state index in [0.717, 1.165) is 62.9 Å². The SMILES string of the molecule is O=C(O)C[C@@H](CCCCCCc1ccc2c(n1)NCCC2)c1cccnc1. The molecule has 5 heteroatoms. The fourth-order valence-electron chi connectivity index (χ4n) is 3.77. The van der Waals surface area contributed by atoms with Crippen molar-refractivity contribution in [3.05, 3.63) is 53.5 Å². The second-order valence-corrected chi connectivity index (χ2v) is 7.37. The smallest absolute Gasteiger partial charge is 0.303 e. The van der Waals surface area contributed by atoms with Crippen molar-refractivity contribution in [3.8, 4) is 0 Å². The third-order valence-electron chi connectivity index (χ3n) is 5.26. The van der Waals surface area contributed by atoms with E-state index in [4.69, 9.17) is 10.1 Å². The molecule has 0 saturated heterocycles. The summed E-state index contributed by atoms with van der Waals surface area (Å²) in [4.78, 5) is 20.0. The van der Waals surface area contributed by atoms with Gasteiger partial charge in [-0.2, -0.15) is 0 Å². The summed E-state index contributed by atoms with van der Waals surface area (Å²) in [6, 6.07) is 8.24. The third-order valence-corrected chi connectivity index (χ3v) is 5.26. The van der Waals surface area contributed by atoms with Gasteiger partial charge < -0.3 is 10.4 Å². The van der Waals surface area contributed by atoms with Crippen molar-refractivity contribution in [2.24, 2.45) is 0 Å². The van der Waals surface area contributed by atoms with Gasteiger partial charge in [0.25, 0.3) is 0 Å². The van der Waals surface area contributed by atoms with Gasteiger partial charge in [-0.15, -0.1) is 0 Å². The summed E-state index contributed by atoms with van der Waals surface area (Å²) < 4.78 is 0. The zero-order valence-electron chi connectivity index (χ0n) is 15.9. The van der Waals surface area contributed by atoms with E-state index in [1.807, 2.05) is 12.1 Å². The Kier molecular flexibility index (Phi) is 7.19. The average molecular weight is 367 g/mol. The molecule has 2 N–H and O–H groups in total. The minimum Gasteiger partial charge on any atom is -0.481 e. The number of anilines is 1. The summed E-state index contributed by atoms with van der Waals surface area (Å²) in [7, 11) is 0. The van der Waals surface area contributed by atoms with E-state index >= 15 is 0 Å². The van der Waals surface area contributed by atoms with Crippen molar-refractivity contribution in [1.82, 2.24) is 9.97 Å². The summed E-state index contributed by atoms with van der Waals surface area (Å²) in [6.07, 6.45) is 12.4. The maximum Gasteiger partial charge on any atom is 0.303 e. The van der Waals surface area contributed by atoms with Crippen LogP contribution in [0.15, 0.2) is 36.7 Å². The Labute approximate surface area is 161 Å². The van der Waals surface area contributed by atoms with Crippen LogP contribution in [-0.4, -0.2) is 27.6 Å². The maximum absolute atomic E-state index is 11.1. The van der Waals surface area contributed by atoms with Crippen molar-refractivity contribution in [1.29, 1.82) is 0 Å². The highest BCUT2D eigenvalue weighted by atomic mass is 16.4. The van der Waals surface area contributed by atoms with Crippen molar-refractivity contribution >= 4 is 11.8 Å². The number of rotatable bonds is 10. The number of nitrogens with zero attached hydrogens (tertiary/aromatic N) is 2. The topological polar surface area (TPSA) is 75.1 Å². The number of carboxylic acids is 1. The van der Waals surface area contributed by atoms with E-state index in [2.05, 4.69) is 22.4 Å². The highest BCUT2D eigenvalue weighted by molar-refractivity contribution is 5.68. The zero-order valence-corrected chi connectivity index (χ0v) is 15.9. The van der Waals surface area contributed by atoms with Gasteiger partial charge in [0.1, 0.15) is 5.82 Å². The third kappa shape index (κ3) is 6.05. The van der Waals surface area contributed by atoms with Crippen LogP contribution in [-0.2, 0) is 17.6 Å². The molecule has 0 fully saturated rings. The molecule has 0 radical (unpaired) electrons. The number of carbonyl (C=O) groups is 1. The highest BCUT2D eigenvalue weighted by Crippen LogP contribution is 2.26. The molecule has 27 heavy (non-hydrogen) atoms. The predicted octanol–water partition coefficient (Wildman–Crippen LogP) is 4.59. The van der Waals surface area contributed by atoms with Gasteiger partial charge in [-0.05, 0) is 61.3 Å². The molecule has 0 aromatic carbocycles. The van der Waals surface area contributed by atoms with E-state index in [0.29, 0.717) is 0 Å². The molecule has 1 aliphatic heterocycles. The van der Waals surface area contributed by atoms with Crippen LogP contribution >= 0.6 is 0 Å². The quantitative estimate of drug-likeness (QED) is 0.601. The second kappa shape index (κ2) is 10.0. The highest BCUT2D eigenvalue weighted by Gasteiger charge is 2.15. The molecule has 3 heterocycles. The molecule has 0 bridgehead atoms. The largest absolute Gasteiger partial charge is 0.481 e. The first-order chi connectivity index (χ1) is 13.2. The van der Waals surface area contributed by atoms with Crippen molar-refractivity contribution < 1.29 is 9.90 Å². The van der Waals surface area contributed by atoms with Gasteiger partial charge in [-0.1, -0.05) is 31.4 Å². The fraction of sp³-hybridized carbons (Fsp3) is 0.500. The Morgan fingerprint density at radius 2 is 2.07 bits per heavy atom. The number of fused-ring (bicyclic) bond motifs is 1. The number of aliphatic carboxylic acids is 1. The second-order valence-electron chi connectivity index (χ2n) is 7.37. The van der Waals surface area contributed by atoms with Gasteiger partial charge in [0.05, 0.1) is 6.42 Å². The molecule has 0 spiro atoms. The molecule has 1 aliphatic rings. The summed E-state index contributed by atoms with van der Waals surface area (Å²) >= 11 is 0. The Bertz CT molecular complexity index is 734. The van der Waals surface area contributed by atoms with Gasteiger partial charge >= 0.3 is 5.97 Å². The lowest BCUT2D eigenvalue weighted by Gasteiger charge is -2.17. The zero-order chi connectivity index (χ0) is 18.9. The van der Waals surface area contributed by atoms with Crippen LogP contribution in [0.5, 0.6) is 0 Å². The first-order valence-electron chi connectivity index (χ1n) is 10.1. The van der Waals surface area contributed by atoms with Crippen molar-refractivity contribution in [2.75, 3.05) is 11.9 Å². The minimum absolute atomic E-state index is 0.0598. The lowest BCUT2D eigenvalue weighted by atomic mass is 9.91. The number of aromatic nitrogens is 2. The number of hydrogen-bond donors (Lipinski definition) is 2. The maximum atomic E-state index is 11.1. The van der Waals surface area contributed by atoms with Crippen LogP contribution < -0.4 is 5.32 Å². The van der Waals surface area contributed by atoms with E-state index in [1.54, 1.807) is 12.4 Å². The molecule has 5 nitrogen and oxygen atoms in total. The number of nitrogens with one attached hydrogen (secondary N) is 1. The predicted molar refractivity (Wildman–Crippen MR) is 107 cm³/mol. The van der Waals surface area contributed by atoms with Gasteiger partial charge in [0.2, 0.25) is 0 Å². The molecular formula is C22H29N3O2. The standard InChI is InChI=1S/C22H29N3O2/c26-21(27)15-18(19-9-5-13-23-16-19)7-3-1-2-4-10-20-12-11-17-8-6-14-24-22(17)25-20/h5,9,11-13,16,18H,1-4,6-8,10,14-15H2,(H,24,25)(H,26,27)/t18-/m1/s1. The van der Waals surface area contributed by atoms with Crippen LogP contribution in [0.4, 0.5) is 5.82 Å². The van der Waals surface area contributed by atoms with Crippen LogP contribution in [0.1, 0.15) is 67.7 Å². The number of unbranched alkanes of at least 4 members (excludes halogenated alkanes) is 3. The van der Waals surface area contributed by atoms with Crippen molar-refractivity contribution in [2.45, 2.75) is 63.7 Å². The van der Waals surface area contributed by atoms with E-state index < -0.39 is 5.97 Å². The first kappa shape index (κ1) is 19.3. The van der Waals surface area contributed by atoms with Crippen LogP contribution in [0, 0.1) is 0 Å². The molecule has 0 aliphatic carbocycles. The van der Waals surface area contributed by atoms with Gasteiger partial charge in [-0.25, -0.2) is 4.98 Å². The Morgan fingerprint density at radius 1 is 1.19 bits per heavy atom. The number of aryl methyl sites for hydroxylation is 2. The van der Waals surface area contributed by atoms with Crippen LogP contribution in [0.2, 0.25) is 0 Å². The average Bonchev–Trinajstić information content (AvgIpc) is 2.70. The Morgan fingerprint density at radius 3 is 2.89 bits per heavy atom. The van der Waals surface area contributed by atoms with E-state index in [1.165, 1.54) is 17.7 Å². The monoisotopic (exact) mass is 367 g/mol. The molecule has 144 valence electrons. The molecule has 2 aromatic rings. The molecule has 2 aromatic heterocycles. The normalized spacial score (nSPS) is 14.2. The van der Waals surface area contributed by atoms with E-state index in [-0.39, 0.29) is 12.3 Å². The fourth-order valence-corrected chi connectivity index (χ4v) is 3.77. The lowest BCUT2D eigenvalue weighted by molar-refractivity contribution is -0.137. The van der Waals surface area contributed by atoms with E-state index in [9.17, 15) is 4.79 Å². The Balaban J connectivity index is 1.38. The molecule has 0 amide bonds. The summed E-state index contributed by atoms with van der Waals surface area (Å²) in [5.74, 6) is 0.396. The number of carboxylic acid groups (broad SMARTS) is 1. The Hall–Kier alpha value is -2.43. The summed E-state index contributed by atoms with van der Waals surface area (Å²) in [5.41, 5.74) is 3.54. The van der Waals surface area contributed by atoms with Gasteiger partial charge in [0.15, 0.2) is 0 Å². The first-order valence-corrected chi connectivity index (χ1v) is 10.1. The number of pyridine rings is 2. The lowest BCUT2D eigenvalue weighted by Crippen LogP contribution is -2.13. The summed E-state index contributed by atoms with van der Waals surface area (Å²) in [5, 5.41) is 12.6. The van der Waals surface area contributed by atoms with Crippen molar-refractivity contribution in [3.63, 3.8) is 0 Å². The number of hydrogen-bond acceptors (Lipinski definition) is 4. The molecular weight excluding hydrogens is 338 g/mol. The van der Waals surface area contributed by atoms with Gasteiger partial charge in [0, 0.05) is 24.6 Å². The minimum atomic E-state index is -0.740.